The monoisotopic (exact) mass is 406 g/mol. The summed E-state index contributed by atoms with van der Waals surface area (Å²) in [7, 11) is 1.66. The number of methoxy groups -OCH3 is 1. The number of hydrogen-bond acceptors (Lipinski definition) is 4. The fraction of sp³-hybridized carbons (Fsp3) is 0.440. The second-order valence-corrected chi connectivity index (χ2v) is 8.69. The summed E-state index contributed by atoms with van der Waals surface area (Å²) in [6, 6.07) is 18.4. The lowest BCUT2D eigenvalue weighted by atomic mass is 9.90. The average Bonchev–Trinajstić information content (AvgIpc) is 3.17. The van der Waals surface area contributed by atoms with Crippen molar-refractivity contribution >= 4 is 11.6 Å². The van der Waals surface area contributed by atoms with Crippen molar-refractivity contribution < 1.29 is 14.4 Å². The molecule has 158 valence electrons. The number of rotatable bonds is 6. The van der Waals surface area contributed by atoms with Gasteiger partial charge in [0.15, 0.2) is 5.60 Å². The van der Waals surface area contributed by atoms with Gasteiger partial charge in [0.25, 0.3) is 5.91 Å². The van der Waals surface area contributed by atoms with Gasteiger partial charge in [0.1, 0.15) is 0 Å². The second-order valence-electron chi connectivity index (χ2n) is 8.69. The van der Waals surface area contributed by atoms with E-state index in [0.29, 0.717) is 18.9 Å². The zero-order valence-corrected chi connectivity index (χ0v) is 17.8. The van der Waals surface area contributed by atoms with E-state index in [1.54, 1.807) is 7.11 Å². The van der Waals surface area contributed by atoms with E-state index in [2.05, 4.69) is 35.5 Å². The van der Waals surface area contributed by atoms with Crippen molar-refractivity contribution in [1.82, 2.24) is 4.90 Å². The maximum absolute atomic E-state index is 12.9. The molecule has 1 unspecified atom stereocenters. The van der Waals surface area contributed by atoms with E-state index in [9.17, 15) is 4.79 Å². The van der Waals surface area contributed by atoms with Crippen molar-refractivity contribution in [2.24, 2.45) is 11.1 Å². The van der Waals surface area contributed by atoms with Crippen molar-refractivity contribution in [2.45, 2.75) is 38.2 Å². The fourth-order valence-electron chi connectivity index (χ4n) is 4.40. The number of piperidine rings is 1. The highest BCUT2D eigenvalue weighted by Gasteiger charge is 2.35. The van der Waals surface area contributed by atoms with Gasteiger partial charge in [-0.25, -0.2) is 0 Å². The Balaban J connectivity index is 1.31. The molecule has 2 aliphatic rings. The third kappa shape index (κ3) is 4.73. The number of likely N-dealkylation sites (tertiary alicyclic amines) is 1. The molecule has 1 atom stereocenters. The van der Waals surface area contributed by atoms with Crippen LogP contribution in [0.25, 0.3) is 0 Å². The summed E-state index contributed by atoms with van der Waals surface area (Å²) < 4.78 is 5.22. The normalized spacial score (nSPS) is 21.9. The number of amides is 1. The number of carbonyl (C=O) groups excluding carboxylic acids is 1. The summed E-state index contributed by atoms with van der Waals surface area (Å²) in [4.78, 5) is 20.5. The summed E-state index contributed by atoms with van der Waals surface area (Å²) in [6.07, 6.45) is 3.92. The third-order valence-corrected chi connectivity index (χ3v) is 6.10. The summed E-state index contributed by atoms with van der Waals surface area (Å²) in [5.74, 6) is 0.772. The molecule has 0 spiro atoms. The predicted octanol–water partition coefficient (Wildman–Crippen LogP) is 4.31. The van der Waals surface area contributed by atoms with Gasteiger partial charge in [-0.15, -0.1) is 0 Å². The standard InChI is InChI=1S/C25H30N2O3/c1-25(18-29-2)17-23(26-30-25)21-8-10-22(11-9-21)24(28)27-14-12-20(13-15-27)16-19-6-4-3-5-7-19/h3-11,20H,12-18H2,1-2H3. The van der Waals surface area contributed by atoms with Gasteiger partial charge in [0.05, 0.1) is 12.3 Å². The number of oxime groups is 1. The molecule has 5 heteroatoms. The van der Waals surface area contributed by atoms with Crippen molar-refractivity contribution in [3.63, 3.8) is 0 Å². The van der Waals surface area contributed by atoms with E-state index in [-0.39, 0.29) is 5.91 Å². The van der Waals surface area contributed by atoms with Crippen LogP contribution in [0.15, 0.2) is 59.8 Å². The van der Waals surface area contributed by atoms with Crippen LogP contribution >= 0.6 is 0 Å². The maximum Gasteiger partial charge on any atom is 0.253 e. The highest BCUT2D eigenvalue weighted by atomic mass is 16.7. The van der Waals surface area contributed by atoms with Gasteiger partial charge in [-0.2, -0.15) is 0 Å². The van der Waals surface area contributed by atoms with Gasteiger partial charge >= 0.3 is 0 Å². The summed E-state index contributed by atoms with van der Waals surface area (Å²) in [5, 5.41) is 4.23. The van der Waals surface area contributed by atoms with Crippen LogP contribution in [0.3, 0.4) is 0 Å². The first kappa shape index (κ1) is 20.6. The molecule has 2 aliphatic heterocycles. The number of nitrogens with zero attached hydrogens (tertiary/aromatic N) is 2. The van der Waals surface area contributed by atoms with Gasteiger partial charge in [-0.05, 0) is 55.4 Å². The zero-order chi connectivity index (χ0) is 21.0. The molecule has 2 heterocycles. The third-order valence-electron chi connectivity index (χ3n) is 6.10. The molecule has 2 aromatic rings. The van der Waals surface area contributed by atoms with Crippen molar-refractivity contribution in [3.8, 4) is 0 Å². The molecule has 1 fully saturated rings. The summed E-state index contributed by atoms with van der Waals surface area (Å²) in [6.45, 7) is 4.14. The second kappa shape index (κ2) is 9.00. The Hall–Kier alpha value is -2.66. The van der Waals surface area contributed by atoms with Gasteiger partial charge in [-0.1, -0.05) is 47.6 Å². The smallest absolute Gasteiger partial charge is 0.253 e. The van der Waals surface area contributed by atoms with E-state index in [1.807, 2.05) is 36.1 Å². The van der Waals surface area contributed by atoms with Gasteiger partial charge in [0.2, 0.25) is 0 Å². The quantitative estimate of drug-likeness (QED) is 0.718. The molecule has 0 N–H and O–H groups in total. The molecule has 0 radical (unpaired) electrons. The van der Waals surface area contributed by atoms with Gasteiger partial charge < -0.3 is 14.5 Å². The first-order valence-electron chi connectivity index (χ1n) is 10.7. The Morgan fingerprint density at radius 1 is 1.13 bits per heavy atom. The van der Waals surface area contributed by atoms with Crippen molar-refractivity contribution in [2.75, 3.05) is 26.8 Å². The highest BCUT2D eigenvalue weighted by Crippen LogP contribution is 2.27. The number of carbonyl (C=O) groups is 1. The largest absolute Gasteiger partial charge is 0.386 e. The van der Waals surface area contributed by atoms with Gasteiger partial charge in [0, 0.05) is 32.2 Å². The molecule has 0 aromatic heterocycles. The van der Waals surface area contributed by atoms with E-state index < -0.39 is 5.60 Å². The molecule has 1 saturated heterocycles. The van der Waals surface area contributed by atoms with Crippen molar-refractivity contribution in [1.29, 1.82) is 0 Å². The van der Waals surface area contributed by atoms with Crippen LogP contribution in [-0.4, -0.2) is 48.9 Å². The van der Waals surface area contributed by atoms with Crippen LogP contribution in [0.5, 0.6) is 0 Å². The Morgan fingerprint density at radius 2 is 1.83 bits per heavy atom. The van der Waals surface area contributed by atoms with Crippen LogP contribution < -0.4 is 0 Å². The van der Waals surface area contributed by atoms with E-state index >= 15 is 0 Å². The van der Waals surface area contributed by atoms with E-state index in [1.165, 1.54) is 5.56 Å². The first-order valence-corrected chi connectivity index (χ1v) is 10.7. The molecule has 4 rings (SSSR count). The first-order chi connectivity index (χ1) is 14.6. The predicted molar refractivity (Wildman–Crippen MR) is 118 cm³/mol. The minimum absolute atomic E-state index is 0.119. The summed E-state index contributed by atoms with van der Waals surface area (Å²) >= 11 is 0. The fourth-order valence-corrected chi connectivity index (χ4v) is 4.40. The number of benzene rings is 2. The SMILES string of the molecule is COCC1(C)CC(c2ccc(C(=O)N3CCC(Cc4ccccc4)CC3)cc2)=NO1. The molecule has 1 amide bonds. The topological polar surface area (TPSA) is 51.1 Å². The molecular weight excluding hydrogens is 376 g/mol. The molecule has 30 heavy (non-hydrogen) atoms. The number of hydrogen-bond donors (Lipinski definition) is 0. The lowest BCUT2D eigenvalue weighted by Gasteiger charge is -2.32. The maximum atomic E-state index is 12.9. The molecule has 0 bridgehead atoms. The van der Waals surface area contributed by atoms with Crippen molar-refractivity contribution in [3.05, 3.63) is 71.3 Å². The molecule has 0 aliphatic carbocycles. The van der Waals surface area contributed by atoms with Crippen LogP contribution in [0.1, 0.15) is 47.7 Å². The van der Waals surface area contributed by atoms with Crippen LogP contribution in [0, 0.1) is 5.92 Å². The molecular formula is C25H30N2O3. The molecule has 0 saturated carbocycles. The molecule has 5 nitrogen and oxygen atoms in total. The number of ether oxygens (including phenoxy) is 1. The summed E-state index contributed by atoms with van der Waals surface area (Å²) in [5.41, 5.74) is 3.60. The Bertz CT molecular complexity index is 886. The minimum atomic E-state index is -0.414. The van der Waals surface area contributed by atoms with Gasteiger partial charge in [-0.3, -0.25) is 4.79 Å². The lowest BCUT2D eigenvalue weighted by molar-refractivity contribution is -0.0551. The average molecular weight is 407 g/mol. The zero-order valence-electron chi connectivity index (χ0n) is 17.8. The minimum Gasteiger partial charge on any atom is -0.386 e. The Morgan fingerprint density at radius 3 is 2.50 bits per heavy atom. The van der Waals surface area contributed by atoms with E-state index in [4.69, 9.17) is 9.57 Å². The van der Waals surface area contributed by atoms with Crippen LogP contribution in [-0.2, 0) is 16.0 Å². The van der Waals surface area contributed by atoms with Crippen LogP contribution in [0.4, 0.5) is 0 Å². The van der Waals surface area contributed by atoms with E-state index in [0.717, 1.165) is 49.2 Å². The highest BCUT2D eigenvalue weighted by molar-refractivity contribution is 6.02. The lowest BCUT2D eigenvalue weighted by Crippen LogP contribution is -2.38. The van der Waals surface area contributed by atoms with Crippen LogP contribution in [0.2, 0.25) is 0 Å². The Kier molecular flexibility index (Phi) is 6.18. The molecule has 2 aromatic carbocycles. The Labute approximate surface area is 178 Å².